The minimum atomic E-state index is -4.51. The fraction of sp³-hybridized carbons (Fsp3) is 0.348. The van der Waals surface area contributed by atoms with Gasteiger partial charge in [0.15, 0.2) is 0 Å². The van der Waals surface area contributed by atoms with Gasteiger partial charge in [0, 0.05) is 32.4 Å². The van der Waals surface area contributed by atoms with Gasteiger partial charge < -0.3 is 19.1 Å². The lowest BCUT2D eigenvalue weighted by Gasteiger charge is -2.36. The van der Waals surface area contributed by atoms with E-state index < -0.39 is 11.7 Å². The van der Waals surface area contributed by atoms with Crippen molar-refractivity contribution in [2.45, 2.75) is 26.6 Å². The van der Waals surface area contributed by atoms with Crippen LogP contribution in [0, 0.1) is 13.8 Å². The minimum Gasteiger partial charge on any atom is -0.488 e. The van der Waals surface area contributed by atoms with Gasteiger partial charge >= 0.3 is 6.18 Å². The van der Waals surface area contributed by atoms with E-state index in [-0.39, 0.29) is 23.4 Å². The van der Waals surface area contributed by atoms with E-state index in [0.717, 1.165) is 23.5 Å². The van der Waals surface area contributed by atoms with Crippen LogP contribution >= 0.6 is 11.6 Å². The monoisotopic (exact) mass is 494 g/mol. The second-order valence-corrected chi connectivity index (χ2v) is 8.30. The number of aryl methyl sites for hydroxylation is 2. The van der Waals surface area contributed by atoms with Crippen LogP contribution in [-0.4, -0.2) is 47.1 Å². The van der Waals surface area contributed by atoms with Crippen LogP contribution in [-0.2, 0) is 12.8 Å². The Morgan fingerprint density at radius 2 is 1.88 bits per heavy atom. The third kappa shape index (κ3) is 4.96. The molecule has 3 heterocycles. The lowest BCUT2D eigenvalue weighted by Crippen LogP contribution is -2.49. The molecule has 0 atom stereocenters. The largest absolute Gasteiger partial charge is 0.488 e. The summed E-state index contributed by atoms with van der Waals surface area (Å²) >= 11 is 6.07. The number of carbonyl (C=O) groups is 1. The van der Waals surface area contributed by atoms with Crippen molar-refractivity contribution >= 4 is 23.3 Å². The molecule has 1 amide bonds. The summed E-state index contributed by atoms with van der Waals surface area (Å²) < 4.78 is 49.7. The maximum Gasteiger partial charge on any atom is 0.417 e. The highest BCUT2D eigenvalue weighted by molar-refractivity contribution is 6.33. The van der Waals surface area contributed by atoms with Crippen molar-refractivity contribution in [1.29, 1.82) is 0 Å². The normalized spacial score (nSPS) is 14.4. The number of nitrogens with zero attached hydrogens (tertiary/aromatic N) is 4. The van der Waals surface area contributed by atoms with E-state index in [9.17, 15) is 18.0 Å². The average Bonchev–Trinajstić information content (AvgIpc) is 3.14. The first kappa shape index (κ1) is 23.9. The summed E-state index contributed by atoms with van der Waals surface area (Å²) in [6, 6.07) is 7.85. The summed E-state index contributed by atoms with van der Waals surface area (Å²) in [5.41, 5.74) is 1.08. The molecular weight excluding hydrogens is 473 g/mol. The van der Waals surface area contributed by atoms with Gasteiger partial charge in [0.25, 0.3) is 5.91 Å². The van der Waals surface area contributed by atoms with Gasteiger partial charge in [-0.25, -0.2) is 4.98 Å². The van der Waals surface area contributed by atoms with Crippen LogP contribution < -0.4 is 9.64 Å². The van der Waals surface area contributed by atoms with Crippen LogP contribution in [0.2, 0.25) is 5.02 Å². The molecule has 0 spiro atoms. The number of piperazine rings is 1. The van der Waals surface area contributed by atoms with Gasteiger partial charge in [-0.15, -0.1) is 0 Å². The Labute approximate surface area is 199 Å². The number of hydrogen-bond acceptors (Lipinski definition) is 6. The van der Waals surface area contributed by atoms with E-state index in [1.807, 2.05) is 6.92 Å². The van der Waals surface area contributed by atoms with Crippen molar-refractivity contribution in [3.8, 4) is 5.75 Å². The molecule has 1 aliphatic rings. The number of anilines is 1. The van der Waals surface area contributed by atoms with E-state index in [1.165, 1.54) is 0 Å². The highest BCUT2D eigenvalue weighted by Crippen LogP contribution is 2.34. The Balaban J connectivity index is 1.42. The smallest absolute Gasteiger partial charge is 0.417 e. The van der Waals surface area contributed by atoms with Crippen molar-refractivity contribution < 1.29 is 27.2 Å². The predicted molar refractivity (Wildman–Crippen MR) is 119 cm³/mol. The number of halogens is 4. The molecule has 2 aromatic heterocycles. The first-order chi connectivity index (χ1) is 16.1. The number of amides is 1. The van der Waals surface area contributed by atoms with Crippen molar-refractivity contribution in [3.05, 3.63) is 69.7 Å². The van der Waals surface area contributed by atoms with Crippen LogP contribution in [0.3, 0.4) is 0 Å². The molecule has 1 saturated heterocycles. The van der Waals surface area contributed by atoms with Gasteiger partial charge in [0.05, 0.1) is 27.4 Å². The molecule has 1 aliphatic heterocycles. The maximum atomic E-state index is 13.2. The van der Waals surface area contributed by atoms with Crippen molar-refractivity contribution in [3.63, 3.8) is 0 Å². The zero-order valence-corrected chi connectivity index (χ0v) is 19.3. The molecule has 3 aromatic rings. The highest BCUT2D eigenvalue weighted by Gasteiger charge is 2.32. The molecule has 180 valence electrons. The van der Waals surface area contributed by atoms with E-state index in [4.69, 9.17) is 20.9 Å². The third-order valence-corrected chi connectivity index (χ3v) is 5.96. The predicted octanol–water partition coefficient (Wildman–Crippen LogP) is 4.90. The molecule has 1 fully saturated rings. The second kappa shape index (κ2) is 9.54. The molecule has 0 unspecified atom stereocenters. The number of para-hydroxylation sites is 1. The Morgan fingerprint density at radius 1 is 1.18 bits per heavy atom. The Kier molecular flexibility index (Phi) is 6.70. The standard InChI is InChI=1S/C23H22ClF3N4O3/c1-14-18(15(2)34-29-14)13-33-20-6-4-3-5-17(20)22(32)31-9-7-30(8-10-31)21-19(24)11-16(12-28-21)23(25,26)27/h3-6,11-12H,7-10,13H2,1-2H3. The highest BCUT2D eigenvalue weighted by atomic mass is 35.5. The molecule has 11 heteroatoms. The number of rotatable bonds is 5. The van der Waals surface area contributed by atoms with Gasteiger partial charge in [-0.3, -0.25) is 4.79 Å². The quantitative estimate of drug-likeness (QED) is 0.502. The van der Waals surface area contributed by atoms with Gasteiger partial charge in [-0.05, 0) is 32.0 Å². The number of ether oxygens (including phenoxy) is 1. The van der Waals surface area contributed by atoms with E-state index in [1.54, 1.807) is 41.0 Å². The number of alkyl halides is 3. The summed E-state index contributed by atoms with van der Waals surface area (Å²) in [7, 11) is 0. The molecule has 1 aromatic carbocycles. The summed E-state index contributed by atoms with van der Waals surface area (Å²) in [5, 5.41) is 3.83. The summed E-state index contributed by atoms with van der Waals surface area (Å²) in [6.45, 7) is 5.32. The fourth-order valence-corrected chi connectivity index (χ4v) is 4.02. The van der Waals surface area contributed by atoms with Gasteiger partial charge in [-0.1, -0.05) is 28.9 Å². The number of hydrogen-bond donors (Lipinski definition) is 0. The topological polar surface area (TPSA) is 71.7 Å². The Hall–Kier alpha value is -3.27. The fourth-order valence-electron chi connectivity index (χ4n) is 3.74. The first-order valence-electron chi connectivity index (χ1n) is 10.6. The van der Waals surface area contributed by atoms with Crippen molar-refractivity contribution in [2.75, 3.05) is 31.1 Å². The Bertz CT molecular complexity index is 1170. The second-order valence-electron chi connectivity index (χ2n) is 7.89. The minimum absolute atomic E-state index is 0.0762. The summed E-state index contributed by atoms with van der Waals surface area (Å²) in [5.74, 6) is 1.18. The maximum absolute atomic E-state index is 13.2. The average molecular weight is 495 g/mol. The van der Waals surface area contributed by atoms with Crippen LogP contribution in [0.25, 0.3) is 0 Å². The number of aromatic nitrogens is 2. The third-order valence-electron chi connectivity index (χ3n) is 5.69. The summed E-state index contributed by atoms with van der Waals surface area (Å²) in [6.07, 6.45) is -3.74. The van der Waals surface area contributed by atoms with E-state index >= 15 is 0 Å². The van der Waals surface area contributed by atoms with E-state index in [0.29, 0.717) is 43.3 Å². The molecule has 34 heavy (non-hydrogen) atoms. The number of pyridine rings is 1. The molecule has 4 rings (SSSR count). The first-order valence-corrected chi connectivity index (χ1v) is 10.9. The van der Waals surface area contributed by atoms with Crippen LogP contribution in [0.15, 0.2) is 41.1 Å². The van der Waals surface area contributed by atoms with E-state index in [2.05, 4.69) is 10.1 Å². The molecular formula is C23H22ClF3N4O3. The van der Waals surface area contributed by atoms with Crippen LogP contribution in [0.4, 0.5) is 19.0 Å². The lowest BCUT2D eigenvalue weighted by molar-refractivity contribution is -0.137. The van der Waals surface area contributed by atoms with Crippen LogP contribution in [0.1, 0.15) is 32.9 Å². The SMILES string of the molecule is Cc1noc(C)c1COc1ccccc1C(=O)N1CCN(c2ncc(C(F)(F)F)cc2Cl)CC1. The number of carbonyl (C=O) groups excluding carboxylic acids is 1. The summed E-state index contributed by atoms with van der Waals surface area (Å²) in [4.78, 5) is 20.6. The molecule has 7 nitrogen and oxygen atoms in total. The van der Waals surface area contributed by atoms with Crippen molar-refractivity contribution in [1.82, 2.24) is 15.0 Å². The van der Waals surface area contributed by atoms with Crippen LogP contribution in [0.5, 0.6) is 5.75 Å². The zero-order valence-electron chi connectivity index (χ0n) is 18.5. The van der Waals surface area contributed by atoms with Gasteiger partial charge in [0.2, 0.25) is 0 Å². The molecule has 0 radical (unpaired) electrons. The zero-order chi connectivity index (χ0) is 24.5. The molecule has 0 N–H and O–H groups in total. The number of benzene rings is 1. The molecule has 0 bridgehead atoms. The van der Waals surface area contributed by atoms with Gasteiger partial charge in [0.1, 0.15) is 23.9 Å². The van der Waals surface area contributed by atoms with Crippen molar-refractivity contribution in [2.24, 2.45) is 0 Å². The molecule has 0 saturated carbocycles. The lowest BCUT2D eigenvalue weighted by atomic mass is 10.1. The van der Waals surface area contributed by atoms with Gasteiger partial charge in [-0.2, -0.15) is 13.2 Å². The Morgan fingerprint density at radius 3 is 2.50 bits per heavy atom. The molecule has 0 aliphatic carbocycles.